The van der Waals surface area contributed by atoms with Crippen LogP contribution in [0, 0.1) is 0 Å². The van der Waals surface area contributed by atoms with Gasteiger partial charge in [-0.15, -0.1) is 0 Å². The molecule has 110 valence electrons. The zero-order chi connectivity index (χ0) is 14.3. The molecule has 0 aromatic heterocycles. The first-order valence-electron chi connectivity index (χ1n) is 6.78. The van der Waals surface area contributed by atoms with Gasteiger partial charge in [-0.05, 0) is 19.3 Å². The summed E-state index contributed by atoms with van der Waals surface area (Å²) in [6.45, 7) is 0.966. The van der Waals surface area contributed by atoms with Crippen LogP contribution in [0.1, 0.15) is 32.1 Å². The lowest BCUT2D eigenvalue weighted by Gasteiger charge is -2.31. The van der Waals surface area contributed by atoms with E-state index >= 15 is 0 Å². The van der Waals surface area contributed by atoms with Gasteiger partial charge in [0.25, 0.3) is 0 Å². The molecule has 0 aliphatic heterocycles. The average Bonchev–Trinajstić information content (AvgIpc) is 2.88. The summed E-state index contributed by atoms with van der Waals surface area (Å²) in [5.41, 5.74) is 0. The summed E-state index contributed by atoms with van der Waals surface area (Å²) in [5.74, 6) is -0.953. The first-order valence-corrected chi connectivity index (χ1v) is 6.78. The van der Waals surface area contributed by atoms with Gasteiger partial charge in [0.15, 0.2) is 0 Å². The SMILES string of the molecule is COCCCN(C)C(=O)N(CC(=O)O)C1CCCC1. The van der Waals surface area contributed by atoms with Crippen LogP contribution in [0.4, 0.5) is 4.79 Å². The van der Waals surface area contributed by atoms with E-state index < -0.39 is 5.97 Å². The zero-order valence-electron chi connectivity index (χ0n) is 11.8. The minimum absolute atomic E-state index is 0.0773. The molecule has 0 saturated heterocycles. The Morgan fingerprint density at radius 3 is 2.47 bits per heavy atom. The maximum absolute atomic E-state index is 12.3. The molecule has 0 atom stereocenters. The van der Waals surface area contributed by atoms with E-state index in [0.29, 0.717) is 13.2 Å². The number of aliphatic carboxylic acids is 1. The van der Waals surface area contributed by atoms with E-state index in [1.807, 2.05) is 0 Å². The van der Waals surface area contributed by atoms with E-state index in [9.17, 15) is 9.59 Å². The van der Waals surface area contributed by atoms with Crippen LogP contribution in [0.15, 0.2) is 0 Å². The number of amides is 2. The molecule has 0 aromatic rings. The number of urea groups is 1. The molecule has 6 heteroatoms. The molecule has 0 bridgehead atoms. The van der Waals surface area contributed by atoms with Crippen molar-refractivity contribution in [3.05, 3.63) is 0 Å². The van der Waals surface area contributed by atoms with Gasteiger partial charge in [0.05, 0.1) is 0 Å². The van der Waals surface area contributed by atoms with Gasteiger partial charge in [0.2, 0.25) is 0 Å². The maximum Gasteiger partial charge on any atom is 0.323 e. The summed E-state index contributed by atoms with van der Waals surface area (Å²) >= 11 is 0. The molecule has 1 fully saturated rings. The van der Waals surface area contributed by atoms with Crippen molar-refractivity contribution in [3.8, 4) is 0 Å². The third kappa shape index (κ3) is 5.06. The normalized spacial score (nSPS) is 15.5. The third-order valence-electron chi connectivity index (χ3n) is 3.49. The van der Waals surface area contributed by atoms with Crippen molar-refractivity contribution in [1.29, 1.82) is 0 Å². The lowest BCUT2D eigenvalue weighted by Crippen LogP contribution is -2.48. The Morgan fingerprint density at radius 2 is 1.95 bits per heavy atom. The summed E-state index contributed by atoms with van der Waals surface area (Å²) in [4.78, 5) is 26.3. The molecule has 6 nitrogen and oxygen atoms in total. The van der Waals surface area contributed by atoms with Crippen LogP contribution >= 0.6 is 0 Å². The number of carbonyl (C=O) groups is 2. The molecule has 0 unspecified atom stereocenters. The van der Waals surface area contributed by atoms with Gasteiger partial charge in [-0.2, -0.15) is 0 Å². The van der Waals surface area contributed by atoms with Gasteiger partial charge in [0, 0.05) is 33.4 Å². The van der Waals surface area contributed by atoms with Gasteiger partial charge in [-0.25, -0.2) is 4.79 Å². The van der Waals surface area contributed by atoms with Crippen LogP contribution in [0.3, 0.4) is 0 Å². The quantitative estimate of drug-likeness (QED) is 0.711. The predicted molar refractivity (Wildman–Crippen MR) is 71.1 cm³/mol. The smallest absolute Gasteiger partial charge is 0.323 e. The number of carboxylic acid groups (broad SMARTS) is 1. The molecule has 0 heterocycles. The second-order valence-corrected chi connectivity index (χ2v) is 5.01. The van der Waals surface area contributed by atoms with Crippen molar-refractivity contribution in [1.82, 2.24) is 9.80 Å². The highest BCUT2D eigenvalue weighted by atomic mass is 16.5. The molecule has 19 heavy (non-hydrogen) atoms. The fourth-order valence-corrected chi connectivity index (χ4v) is 2.48. The van der Waals surface area contributed by atoms with Crippen molar-refractivity contribution in [2.45, 2.75) is 38.1 Å². The summed E-state index contributed by atoms with van der Waals surface area (Å²) in [6.07, 6.45) is 4.71. The molecule has 0 spiro atoms. The highest BCUT2D eigenvalue weighted by Crippen LogP contribution is 2.24. The van der Waals surface area contributed by atoms with E-state index in [4.69, 9.17) is 9.84 Å². The highest BCUT2D eigenvalue weighted by molar-refractivity contribution is 5.80. The fourth-order valence-electron chi connectivity index (χ4n) is 2.48. The van der Waals surface area contributed by atoms with E-state index in [0.717, 1.165) is 32.1 Å². The molecular formula is C13H24N2O4. The zero-order valence-corrected chi connectivity index (χ0v) is 11.8. The average molecular weight is 272 g/mol. The molecule has 1 aliphatic carbocycles. The molecule has 2 amide bonds. The standard InChI is InChI=1S/C13H24N2O4/c1-14(8-5-9-19-2)13(18)15(10-12(16)17)11-6-3-4-7-11/h11H,3-10H2,1-2H3,(H,16,17). The first-order chi connectivity index (χ1) is 9.06. The minimum atomic E-state index is -0.953. The van der Waals surface area contributed by atoms with Gasteiger partial charge < -0.3 is 19.6 Å². The molecule has 1 rings (SSSR count). The first kappa shape index (κ1) is 15.8. The second-order valence-electron chi connectivity index (χ2n) is 5.01. The van der Waals surface area contributed by atoms with Crippen LogP contribution in [0.5, 0.6) is 0 Å². The van der Waals surface area contributed by atoms with Crippen LogP contribution in [-0.4, -0.2) is 66.8 Å². The van der Waals surface area contributed by atoms with E-state index in [1.54, 1.807) is 19.1 Å². The Kier molecular flexibility index (Phi) is 6.62. The second kappa shape index (κ2) is 7.99. The van der Waals surface area contributed by atoms with Gasteiger partial charge in [0.1, 0.15) is 6.54 Å². The van der Waals surface area contributed by atoms with Crippen molar-refractivity contribution >= 4 is 12.0 Å². The Morgan fingerprint density at radius 1 is 1.32 bits per heavy atom. The molecular weight excluding hydrogens is 248 g/mol. The fraction of sp³-hybridized carbons (Fsp3) is 0.846. The lowest BCUT2D eigenvalue weighted by atomic mass is 10.2. The van der Waals surface area contributed by atoms with Gasteiger partial charge in [-0.1, -0.05) is 12.8 Å². The van der Waals surface area contributed by atoms with Crippen LogP contribution in [0.25, 0.3) is 0 Å². The number of nitrogens with zero attached hydrogens (tertiary/aromatic N) is 2. The summed E-state index contributed by atoms with van der Waals surface area (Å²) in [6, 6.07) is -0.112. The predicted octanol–water partition coefficient (Wildman–Crippen LogP) is 1.40. The Hall–Kier alpha value is -1.30. The lowest BCUT2D eigenvalue weighted by molar-refractivity contribution is -0.138. The van der Waals surface area contributed by atoms with Crippen LogP contribution < -0.4 is 0 Å². The molecule has 0 aromatic carbocycles. The van der Waals surface area contributed by atoms with E-state index in [2.05, 4.69) is 0 Å². The number of rotatable bonds is 7. The molecule has 0 radical (unpaired) electrons. The summed E-state index contributed by atoms with van der Waals surface area (Å²) < 4.78 is 4.95. The molecule has 1 aliphatic rings. The number of carbonyl (C=O) groups excluding carboxylic acids is 1. The molecule has 1 N–H and O–H groups in total. The topological polar surface area (TPSA) is 70.1 Å². The van der Waals surface area contributed by atoms with Crippen molar-refractivity contribution < 1.29 is 19.4 Å². The summed E-state index contributed by atoms with van der Waals surface area (Å²) in [7, 11) is 3.33. The number of methoxy groups -OCH3 is 1. The Balaban J connectivity index is 2.56. The van der Waals surface area contributed by atoms with Crippen LogP contribution in [0.2, 0.25) is 0 Å². The van der Waals surface area contributed by atoms with Crippen molar-refractivity contribution in [2.75, 3.05) is 33.9 Å². The maximum atomic E-state index is 12.3. The number of ether oxygens (including phenoxy) is 1. The molecule has 1 saturated carbocycles. The number of hydrogen-bond acceptors (Lipinski definition) is 3. The third-order valence-corrected chi connectivity index (χ3v) is 3.49. The van der Waals surface area contributed by atoms with Gasteiger partial charge in [-0.3, -0.25) is 4.79 Å². The number of hydrogen-bond donors (Lipinski definition) is 1. The van der Waals surface area contributed by atoms with E-state index in [-0.39, 0.29) is 18.6 Å². The Bertz CT molecular complexity index is 303. The Labute approximate surface area is 114 Å². The van der Waals surface area contributed by atoms with Crippen molar-refractivity contribution in [3.63, 3.8) is 0 Å². The number of carboxylic acids is 1. The minimum Gasteiger partial charge on any atom is -0.480 e. The van der Waals surface area contributed by atoms with Crippen LogP contribution in [-0.2, 0) is 9.53 Å². The van der Waals surface area contributed by atoms with E-state index in [1.165, 1.54) is 4.90 Å². The van der Waals surface area contributed by atoms with Gasteiger partial charge >= 0.3 is 12.0 Å². The van der Waals surface area contributed by atoms with Crippen molar-refractivity contribution in [2.24, 2.45) is 0 Å². The highest BCUT2D eigenvalue weighted by Gasteiger charge is 2.29. The monoisotopic (exact) mass is 272 g/mol. The summed E-state index contributed by atoms with van der Waals surface area (Å²) in [5, 5.41) is 8.96. The largest absolute Gasteiger partial charge is 0.480 e.